The highest BCUT2D eigenvalue weighted by Gasteiger charge is 2.25. The predicted octanol–water partition coefficient (Wildman–Crippen LogP) is 4.77. The third-order valence-electron chi connectivity index (χ3n) is 5.14. The molecule has 0 N–H and O–H groups in total. The van der Waals surface area contributed by atoms with Gasteiger partial charge in [-0.15, -0.1) is 0 Å². The lowest BCUT2D eigenvalue weighted by molar-refractivity contribution is -0.117. The summed E-state index contributed by atoms with van der Waals surface area (Å²) in [6.45, 7) is 0. The Morgan fingerprint density at radius 2 is 1.59 bits per heavy atom. The van der Waals surface area contributed by atoms with Crippen LogP contribution in [0.5, 0.6) is 0 Å². The number of carbonyl (C=O) groups excluding carboxylic acids is 1. The van der Waals surface area contributed by atoms with Crippen LogP contribution >= 0.6 is 0 Å². The third-order valence-corrected chi connectivity index (χ3v) is 5.14. The Balaban J connectivity index is 1.80. The molecule has 4 aromatic rings. The van der Waals surface area contributed by atoms with E-state index in [1.54, 1.807) is 50.8 Å². The summed E-state index contributed by atoms with van der Waals surface area (Å²) in [5.74, 6) is -1.64. The molecule has 0 saturated carbocycles. The molecule has 0 aliphatic heterocycles. The molecular formula is C24H19F3N4O. The second-order valence-corrected chi connectivity index (χ2v) is 7.28. The maximum absolute atomic E-state index is 14.1. The normalized spacial score (nSPS) is 10.9. The van der Waals surface area contributed by atoms with Gasteiger partial charge in [-0.25, -0.2) is 13.2 Å². The topological polar surface area (TPSA) is 51.0 Å². The molecule has 1 amide bonds. The predicted molar refractivity (Wildman–Crippen MR) is 115 cm³/mol. The van der Waals surface area contributed by atoms with Crippen molar-refractivity contribution in [3.8, 4) is 22.4 Å². The summed E-state index contributed by atoms with van der Waals surface area (Å²) in [5, 5.41) is 4.57. The van der Waals surface area contributed by atoms with E-state index in [1.165, 1.54) is 21.7 Å². The first kappa shape index (κ1) is 21.3. The van der Waals surface area contributed by atoms with Crippen LogP contribution in [0.15, 0.2) is 67.0 Å². The number of nitrogens with zero attached hydrogens (tertiary/aromatic N) is 4. The van der Waals surface area contributed by atoms with Crippen molar-refractivity contribution < 1.29 is 18.0 Å². The lowest BCUT2D eigenvalue weighted by atomic mass is 10.0. The van der Waals surface area contributed by atoms with E-state index < -0.39 is 17.5 Å². The molecule has 4 rings (SSSR count). The Morgan fingerprint density at radius 1 is 0.938 bits per heavy atom. The van der Waals surface area contributed by atoms with Gasteiger partial charge in [0.1, 0.15) is 29.0 Å². The Kier molecular flexibility index (Phi) is 5.77. The van der Waals surface area contributed by atoms with Crippen molar-refractivity contribution in [1.82, 2.24) is 14.8 Å². The van der Waals surface area contributed by atoms with E-state index in [9.17, 15) is 18.0 Å². The molecule has 8 heteroatoms. The van der Waals surface area contributed by atoms with Crippen LogP contribution < -0.4 is 4.90 Å². The van der Waals surface area contributed by atoms with Crippen LogP contribution in [0.2, 0.25) is 0 Å². The molecule has 2 heterocycles. The van der Waals surface area contributed by atoms with Gasteiger partial charge in [0.25, 0.3) is 0 Å². The second kappa shape index (κ2) is 8.66. The number of carbonyl (C=O) groups is 1. The zero-order valence-electron chi connectivity index (χ0n) is 17.4. The van der Waals surface area contributed by atoms with Gasteiger partial charge in [-0.2, -0.15) is 5.10 Å². The fourth-order valence-corrected chi connectivity index (χ4v) is 3.57. The fraction of sp³-hybridized carbons (Fsp3) is 0.125. The second-order valence-electron chi connectivity index (χ2n) is 7.28. The lowest BCUT2D eigenvalue weighted by Crippen LogP contribution is -2.30. The molecule has 32 heavy (non-hydrogen) atoms. The summed E-state index contributed by atoms with van der Waals surface area (Å²) in [7, 11) is 3.23. The molecule has 0 bridgehead atoms. The molecule has 0 aliphatic rings. The first-order chi connectivity index (χ1) is 15.3. The molecule has 0 radical (unpaired) electrons. The number of hydrogen-bond donors (Lipinski definition) is 0. The monoisotopic (exact) mass is 436 g/mol. The van der Waals surface area contributed by atoms with Crippen molar-refractivity contribution in [2.24, 2.45) is 7.05 Å². The number of likely N-dealkylation sites (N-methyl/N-ethyl adjacent to an activating group) is 1. The molecule has 5 nitrogen and oxygen atoms in total. The Labute approximate surface area is 182 Å². The molecule has 0 fully saturated rings. The average molecular weight is 436 g/mol. The van der Waals surface area contributed by atoms with Gasteiger partial charge in [0.05, 0.1) is 12.0 Å². The molecular weight excluding hydrogens is 417 g/mol. The van der Waals surface area contributed by atoms with Crippen molar-refractivity contribution in [2.75, 3.05) is 11.9 Å². The Bertz CT molecular complexity index is 1270. The van der Waals surface area contributed by atoms with Gasteiger partial charge >= 0.3 is 0 Å². The number of amides is 1. The minimum atomic E-state index is -0.653. The maximum Gasteiger partial charge on any atom is 0.232 e. The van der Waals surface area contributed by atoms with Crippen LogP contribution in [0.1, 0.15) is 5.56 Å². The summed E-state index contributed by atoms with van der Waals surface area (Å²) in [6.07, 6.45) is 2.90. The summed E-state index contributed by atoms with van der Waals surface area (Å²) in [6, 6.07) is 12.4. The summed E-state index contributed by atoms with van der Waals surface area (Å²) in [4.78, 5) is 18.4. The summed E-state index contributed by atoms with van der Waals surface area (Å²) in [5.41, 5.74) is 2.56. The first-order valence-electron chi connectivity index (χ1n) is 9.79. The van der Waals surface area contributed by atoms with Crippen LogP contribution in [-0.4, -0.2) is 27.7 Å². The molecule has 0 unspecified atom stereocenters. The minimum Gasteiger partial charge on any atom is -0.299 e. The number of pyridine rings is 1. The van der Waals surface area contributed by atoms with E-state index in [4.69, 9.17) is 0 Å². The van der Waals surface area contributed by atoms with Crippen molar-refractivity contribution in [1.29, 1.82) is 0 Å². The highest BCUT2D eigenvalue weighted by atomic mass is 19.1. The molecule has 0 spiro atoms. The lowest BCUT2D eigenvalue weighted by Gasteiger charge is -2.20. The van der Waals surface area contributed by atoms with Crippen molar-refractivity contribution in [2.45, 2.75) is 6.42 Å². The minimum absolute atomic E-state index is 0.0340. The third kappa shape index (κ3) is 4.12. The van der Waals surface area contributed by atoms with Gasteiger partial charge in [-0.05, 0) is 60.2 Å². The van der Waals surface area contributed by atoms with Gasteiger partial charge in [0.15, 0.2) is 0 Å². The van der Waals surface area contributed by atoms with Crippen LogP contribution in [0.3, 0.4) is 0 Å². The molecule has 2 aromatic heterocycles. The molecule has 0 atom stereocenters. The largest absolute Gasteiger partial charge is 0.299 e. The smallest absolute Gasteiger partial charge is 0.232 e. The van der Waals surface area contributed by atoms with Gasteiger partial charge in [-0.3, -0.25) is 19.4 Å². The number of halogens is 3. The zero-order chi connectivity index (χ0) is 22.8. The average Bonchev–Trinajstić information content (AvgIpc) is 3.13. The fourth-order valence-electron chi connectivity index (χ4n) is 3.57. The number of anilines is 1. The summed E-state index contributed by atoms with van der Waals surface area (Å²) >= 11 is 0. The number of hydrogen-bond acceptors (Lipinski definition) is 3. The SMILES string of the molecule is CN(C(=O)Cc1cc(F)ccc1F)c1c(-c2ccncc2)c(-c2ccc(F)cc2)nn1C. The highest BCUT2D eigenvalue weighted by Crippen LogP contribution is 2.39. The molecule has 0 aliphatic carbocycles. The quantitative estimate of drug-likeness (QED) is 0.453. The van der Waals surface area contributed by atoms with E-state index >= 15 is 0 Å². The van der Waals surface area contributed by atoms with E-state index in [0.29, 0.717) is 22.6 Å². The van der Waals surface area contributed by atoms with Gasteiger partial charge in [0, 0.05) is 37.6 Å². The summed E-state index contributed by atoms with van der Waals surface area (Å²) < 4.78 is 42.6. The highest BCUT2D eigenvalue weighted by molar-refractivity contribution is 6.00. The van der Waals surface area contributed by atoms with Crippen molar-refractivity contribution in [3.05, 3.63) is 90.0 Å². The van der Waals surface area contributed by atoms with E-state index in [1.807, 2.05) is 0 Å². The molecule has 0 saturated heterocycles. The Morgan fingerprint density at radius 3 is 2.28 bits per heavy atom. The number of aryl methyl sites for hydroxylation is 1. The van der Waals surface area contributed by atoms with Crippen molar-refractivity contribution in [3.63, 3.8) is 0 Å². The van der Waals surface area contributed by atoms with Crippen LogP contribution in [0.25, 0.3) is 22.4 Å². The van der Waals surface area contributed by atoms with Crippen molar-refractivity contribution >= 4 is 11.7 Å². The van der Waals surface area contributed by atoms with Crippen LogP contribution in [0.4, 0.5) is 19.0 Å². The van der Waals surface area contributed by atoms with Gasteiger partial charge < -0.3 is 0 Å². The number of benzene rings is 2. The van der Waals surface area contributed by atoms with Crippen LogP contribution in [0, 0.1) is 17.5 Å². The van der Waals surface area contributed by atoms with E-state index in [-0.39, 0.29) is 17.8 Å². The number of rotatable bonds is 5. The van der Waals surface area contributed by atoms with Gasteiger partial charge in [-0.1, -0.05) is 0 Å². The molecule has 2 aromatic carbocycles. The first-order valence-corrected chi connectivity index (χ1v) is 9.79. The zero-order valence-corrected chi connectivity index (χ0v) is 17.4. The standard InChI is InChI=1S/C24H19F3N4O/c1-30(21(32)14-17-13-19(26)7-8-20(17)27)24-22(15-9-11-28-12-10-15)23(29-31(24)2)16-3-5-18(25)6-4-16/h3-13H,14H2,1-2H3. The van der Waals surface area contributed by atoms with E-state index in [0.717, 1.165) is 23.8 Å². The number of aromatic nitrogens is 3. The Hall–Kier alpha value is -3.94. The van der Waals surface area contributed by atoms with Crippen LogP contribution in [-0.2, 0) is 18.3 Å². The molecule has 162 valence electrons. The van der Waals surface area contributed by atoms with Gasteiger partial charge in [0.2, 0.25) is 5.91 Å². The maximum atomic E-state index is 14.1. The van der Waals surface area contributed by atoms with E-state index in [2.05, 4.69) is 10.1 Å².